The lowest BCUT2D eigenvalue weighted by Crippen LogP contribution is -2.23. The smallest absolute Gasteiger partial charge is 0.368 e. The molecular formula is C23H29N5O4. The topological polar surface area (TPSA) is 92.8 Å². The minimum Gasteiger partial charge on any atom is -0.496 e. The molecule has 0 fully saturated rings. The maximum Gasteiger partial charge on any atom is 0.368 e. The molecule has 0 aliphatic rings. The summed E-state index contributed by atoms with van der Waals surface area (Å²) in [4.78, 5) is 17.7. The fourth-order valence-corrected chi connectivity index (χ4v) is 3.14. The van der Waals surface area contributed by atoms with Gasteiger partial charge in [-0.2, -0.15) is 9.36 Å². The Labute approximate surface area is 187 Å². The Hall–Kier alpha value is -3.62. The Kier molecular flexibility index (Phi) is 7.64. The van der Waals surface area contributed by atoms with Gasteiger partial charge in [-0.15, -0.1) is 0 Å². The average molecular weight is 440 g/mol. The summed E-state index contributed by atoms with van der Waals surface area (Å²) in [7, 11) is 3.13. The minimum atomic E-state index is -0.351. The molecule has 0 unspecified atom stereocenters. The molecule has 0 saturated carbocycles. The molecule has 170 valence electrons. The van der Waals surface area contributed by atoms with Crippen molar-refractivity contribution in [2.45, 2.75) is 40.2 Å². The number of tetrazole rings is 1. The first-order valence-corrected chi connectivity index (χ1v) is 10.5. The Morgan fingerprint density at radius 3 is 2.62 bits per heavy atom. The second-order valence-electron chi connectivity index (χ2n) is 7.39. The van der Waals surface area contributed by atoms with Crippen molar-refractivity contribution >= 4 is 5.71 Å². The molecule has 0 atom stereocenters. The zero-order chi connectivity index (χ0) is 23.1. The maximum absolute atomic E-state index is 12.4. The molecule has 1 heterocycles. The number of benzene rings is 2. The monoisotopic (exact) mass is 439 g/mol. The molecule has 0 aliphatic carbocycles. The third-order valence-corrected chi connectivity index (χ3v) is 5.03. The number of hydrogen-bond donors (Lipinski definition) is 0. The lowest BCUT2D eigenvalue weighted by atomic mass is 10.1. The van der Waals surface area contributed by atoms with Gasteiger partial charge in [-0.05, 0) is 72.2 Å². The normalized spacial score (nSPS) is 11.5. The maximum atomic E-state index is 12.4. The summed E-state index contributed by atoms with van der Waals surface area (Å²) in [6.07, 6.45) is 2.05. The van der Waals surface area contributed by atoms with Crippen LogP contribution in [0.4, 0.5) is 0 Å². The van der Waals surface area contributed by atoms with E-state index in [1.54, 1.807) is 26.3 Å². The lowest BCUT2D eigenvalue weighted by Gasteiger charge is -2.15. The number of aryl methyl sites for hydroxylation is 2. The SMILES string of the molecule is CCCCO/N=C(\C)c1ccc(OCc2c(OC)cccc2-n2nnn(C)c2=O)c(C)c1. The summed E-state index contributed by atoms with van der Waals surface area (Å²) in [6, 6.07) is 11.3. The van der Waals surface area contributed by atoms with E-state index in [9.17, 15) is 4.79 Å². The highest BCUT2D eigenvalue weighted by atomic mass is 16.6. The molecule has 0 saturated heterocycles. The van der Waals surface area contributed by atoms with Gasteiger partial charge in [0.15, 0.2) is 0 Å². The molecule has 3 aromatic rings. The van der Waals surface area contributed by atoms with E-state index in [1.807, 2.05) is 38.1 Å². The molecule has 0 bridgehead atoms. The van der Waals surface area contributed by atoms with Gasteiger partial charge in [-0.25, -0.2) is 4.79 Å². The number of unbranched alkanes of at least 4 members (excludes halogenated alkanes) is 1. The quantitative estimate of drug-likeness (QED) is 0.273. The number of rotatable bonds is 10. The van der Waals surface area contributed by atoms with Crippen LogP contribution in [-0.2, 0) is 18.5 Å². The van der Waals surface area contributed by atoms with E-state index in [4.69, 9.17) is 14.3 Å². The first-order valence-electron chi connectivity index (χ1n) is 10.5. The predicted octanol–water partition coefficient (Wildman–Crippen LogP) is 3.40. The van der Waals surface area contributed by atoms with Crippen LogP contribution in [0.5, 0.6) is 11.5 Å². The summed E-state index contributed by atoms with van der Waals surface area (Å²) in [6.45, 7) is 6.81. The number of aromatic nitrogens is 4. The second-order valence-corrected chi connectivity index (χ2v) is 7.39. The van der Waals surface area contributed by atoms with Crippen LogP contribution in [0.1, 0.15) is 43.4 Å². The third-order valence-electron chi connectivity index (χ3n) is 5.03. The number of ether oxygens (including phenoxy) is 2. The molecule has 0 amide bonds. The van der Waals surface area contributed by atoms with Crippen LogP contribution in [0.25, 0.3) is 5.69 Å². The second kappa shape index (κ2) is 10.6. The molecule has 32 heavy (non-hydrogen) atoms. The van der Waals surface area contributed by atoms with E-state index >= 15 is 0 Å². The van der Waals surface area contributed by atoms with Crippen molar-refractivity contribution in [3.05, 3.63) is 63.6 Å². The van der Waals surface area contributed by atoms with Gasteiger partial charge >= 0.3 is 5.69 Å². The standard InChI is InChI=1S/C23H29N5O4/c1-6-7-13-32-24-17(3)18-11-12-21(16(2)14-18)31-15-19-20(9-8-10-22(19)30-5)28-23(29)27(4)25-26-28/h8-12,14H,6-7,13,15H2,1-5H3/b24-17+. The van der Waals surface area contributed by atoms with Gasteiger partial charge in [-0.1, -0.05) is 24.6 Å². The summed E-state index contributed by atoms with van der Waals surface area (Å²) in [5.74, 6) is 1.32. The summed E-state index contributed by atoms with van der Waals surface area (Å²) in [5.41, 5.74) is 3.64. The molecule has 1 aromatic heterocycles. The molecule has 0 N–H and O–H groups in total. The highest BCUT2D eigenvalue weighted by molar-refractivity contribution is 5.98. The fraction of sp³-hybridized carbons (Fsp3) is 0.391. The third kappa shape index (κ3) is 5.16. The van der Waals surface area contributed by atoms with Crippen molar-refractivity contribution < 1.29 is 14.3 Å². The van der Waals surface area contributed by atoms with Crippen molar-refractivity contribution in [1.82, 2.24) is 19.8 Å². The molecule has 9 heteroatoms. The van der Waals surface area contributed by atoms with Crippen LogP contribution >= 0.6 is 0 Å². The largest absolute Gasteiger partial charge is 0.496 e. The van der Waals surface area contributed by atoms with Crippen LogP contribution in [0.3, 0.4) is 0 Å². The van der Waals surface area contributed by atoms with E-state index < -0.39 is 0 Å². The van der Waals surface area contributed by atoms with Gasteiger partial charge < -0.3 is 14.3 Å². The van der Waals surface area contributed by atoms with Gasteiger partial charge in [0.1, 0.15) is 24.7 Å². The van der Waals surface area contributed by atoms with Gasteiger partial charge in [-0.3, -0.25) is 0 Å². The zero-order valence-corrected chi connectivity index (χ0v) is 19.2. The minimum absolute atomic E-state index is 0.190. The molecule has 0 radical (unpaired) electrons. The van der Waals surface area contributed by atoms with E-state index in [0.29, 0.717) is 23.6 Å². The van der Waals surface area contributed by atoms with E-state index in [0.717, 1.165) is 35.4 Å². The first-order chi connectivity index (χ1) is 15.5. The van der Waals surface area contributed by atoms with Crippen LogP contribution in [-0.4, -0.2) is 39.2 Å². The first kappa shape index (κ1) is 23.1. The highest BCUT2D eigenvalue weighted by Gasteiger charge is 2.16. The van der Waals surface area contributed by atoms with Gasteiger partial charge in [0.25, 0.3) is 0 Å². The van der Waals surface area contributed by atoms with E-state index in [1.165, 1.54) is 9.36 Å². The van der Waals surface area contributed by atoms with Crippen molar-refractivity contribution in [3.63, 3.8) is 0 Å². The predicted molar refractivity (Wildman–Crippen MR) is 122 cm³/mol. The Morgan fingerprint density at radius 1 is 1.16 bits per heavy atom. The van der Waals surface area contributed by atoms with Crippen molar-refractivity contribution in [3.8, 4) is 17.2 Å². The number of nitrogens with zero attached hydrogens (tertiary/aromatic N) is 5. The van der Waals surface area contributed by atoms with Crippen molar-refractivity contribution in [2.75, 3.05) is 13.7 Å². The lowest BCUT2D eigenvalue weighted by molar-refractivity contribution is 0.141. The summed E-state index contributed by atoms with van der Waals surface area (Å²) < 4.78 is 14.0. The molecule has 2 aromatic carbocycles. The van der Waals surface area contributed by atoms with Crippen LogP contribution in [0.15, 0.2) is 46.3 Å². The summed E-state index contributed by atoms with van der Waals surface area (Å²) >= 11 is 0. The molecule has 3 rings (SSSR count). The van der Waals surface area contributed by atoms with Crippen LogP contribution in [0, 0.1) is 6.92 Å². The van der Waals surface area contributed by atoms with E-state index in [2.05, 4.69) is 22.5 Å². The Bertz CT molecular complexity index is 1150. The Balaban J connectivity index is 1.81. The van der Waals surface area contributed by atoms with Gasteiger partial charge in [0.05, 0.1) is 24.1 Å². The highest BCUT2D eigenvalue weighted by Crippen LogP contribution is 2.27. The number of hydrogen-bond acceptors (Lipinski definition) is 7. The van der Waals surface area contributed by atoms with Gasteiger partial charge in [0, 0.05) is 7.05 Å². The number of methoxy groups -OCH3 is 1. The fourth-order valence-electron chi connectivity index (χ4n) is 3.14. The summed E-state index contributed by atoms with van der Waals surface area (Å²) in [5, 5.41) is 11.9. The average Bonchev–Trinajstić information content (AvgIpc) is 3.13. The van der Waals surface area contributed by atoms with Crippen molar-refractivity contribution in [2.24, 2.45) is 12.2 Å². The van der Waals surface area contributed by atoms with Crippen LogP contribution in [0.2, 0.25) is 0 Å². The number of oxime groups is 1. The molecule has 0 spiro atoms. The molecular weight excluding hydrogens is 410 g/mol. The van der Waals surface area contributed by atoms with Crippen LogP contribution < -0.4 is 15.2 Å². The van der Waals surface area contributed by atoms with Gasteiger partial charge in [0.2, 0.25) is 0 Å². The Morgan fingerprint density at radius 2 is 1.97 bits per heavy atom. The zero-order valence-electron chi connectivity index (χ0n) is 19.2. The van der Waals surface area contributed by atoms with E-state index in [-0.39, 0.29) is 12.3 Å². The molecule has 0 aliphatic heterocycles. The van der Waals surface area contributed by atoms with Crippen molar-refractivity contribution in [1.29, 1.82) is 0 Å². The molecule has 9 nitrogen and oxygen atoms in total.